The van der Waals surface area contributed by atoms with E-state index in [-0.39, 0.29) is 5.75 Å². The van der Waals surface area contributed by atoms with Crippen LogP contribution >= 0.6 is 0 Å². The van der Waals surface area contributed by atoms with Gasteiger partial charge < -0.3 is 20.5 Å². The fourth-order valence-corrected chi connectivity index (χ4v) is 2.75. The van der Waals surface area contributed by atoms with E-state index in [2.05, 4.69) is 4.74 Å². The number of nitrogens with zero attached hydrogens (tertiary/aromatic N) is 1. The third-order valence-electron chi connectivity index (χ3n) is 4.08. The highest BCUT2D eigenvalue weighted by Crippen LogP contribution is 2.36. The number of carboxylic acid groups (broad SMARTS) is 1. The molecule has 122 valence electrons. The van der Waals surface area contributed by atoms with Gasteiger partial charge in [0.05, 0.1) is 0 Å². The number of alkyl halides is 3. The molecule has 8 heteroatoms. The average molecular weight is 318 g/mol. The molecule has 0 radical (unpaired) electrons. The zero-order chi connectivity index (χ0) is 16.4. The van der Waals surface area contributed by atoms with Crippen LogP contribution in [0.15, 0.2) is 24.3 Å². The minimum atomic E-state index is -4.72. The number of benzene rings is 1. The van der Waals surface area contributed by atoms with Gasteiger partial charge >= 0.3 is 12.5 Å². The molecule has 1 aromatic carbocycles. The third kappa shape index (κ3) is 3.62. The van der Waals surface area contributed by atoms with Crippen LogP contribution < -0.4 is 10.5 Å². The van der Waals surface area contributed by atoms with E-state index in [1.807, 2.05) is 0 Å². The Bertz CT molecular complexity index is 523. The van der Waals surface area contributed by atoms with Crippen LogP contribution in [0.5, 0.6) is 5.75 Å². The van der Waals surface area contributed by atoms with Gasteiger partial charge in [-0.15, -0.1) is 13.2 Å². The van der Waals surface area contributed by atoms with Crippen molar-refractivity contribution in [3.05, 3.63) is 29.8 Å². The Labute approximate surface area is 125 Å². The summed E-state index contributed by atoms with van der Waals surface area (Å²) in [6.07, 6.45) is -4.62. The summed E-state index contributed by atoms with van der Waals surface area (Å²) in [6.45, 7) is 1.01. The molecule has 1 amide bonds. The van der Waals surface area contributed by atoms with E-state index in [0.717, 1.165) is 5.56 Å². The van der Waals surface area contributed by atoms with Crippen molar-refractivity contribution in [2.24, 2.45) is 5.73 Å². The summed E-state index contributed by atoms with van der Waals surface area (Å²) in [5.41, 5.74) is 6.24. The second kappa shape index (κ2) is 6.04. The van der Waals surface area contributed by atoms with Crippen LogP contribution in [0.4, 0.5) is 18.0 Å². The predicted octanol–water partition coefficient (Wildman–Crippen LogP) is 2.56. The summed E-state index contributed by atoms with van der Waals surface area (Å²) in [6, 6.07) is 5.63. The molecule has 1 heterocycles. The zero-order valence-corrected chi connectivity index (χ0v) is 11.8. The molecule has 0 unspecified atom stereocenters. The highest BCUT2D eigenvalue weighted by Gasteiger charge is 2.37. The van der Waals surface area contributed by atoms with Gasteiger partial charge in [-0.3, -0.25) is 0 Å². The summed E-state index contributed by atoms with van der Waals surface area (Å²) in [5.74, 6) is -0.286. The van der Waals surface area contributed by atoms with Gasteiger partial charge in [-0.25, -0.2) is 4.79 Å². The fraction of sp³-hybridized carbons (Fsp3) is 0.500. The van der Waals surface area contributed by atoms with E-state index >= 15 is 0 Å². The Morgan fingerprint density at radius 2 is 1.82 bits per heavy atom. The molecule has 0 spiro atoms. The molecule has 0 aliphatic carbocycles. The Morgan fingerprint density at radius 3 is 2.23 bits per heavy atom. The van der Waals surface area contributed by atoms with Gasteiger partial charge in [-0.1, -0.05) is 12.1 Å². The molecule has 0 saturated carbocycles. The number of halogens is 3. The molecule has 1 aliphatic rings. The van der Waals surface area contributed by atoms with Gasteiger partial charge in [0.25, 0.3) is 0 Å². The molecule has 1 fully saturated rings. The molecular weight excluding hydrogens is 301 g/mol. The highest BCUT2D eigenvalue weighted by atomic mass is 19.4. The smallest absolute Gasteiger partial charge is 0.465 e. The minimum absolute atomic E-state index is 0.286. The van der Waals surface area contributed by atoms with Crippen molar-refractivity contribution >= 4 is 6.09 Å². The molecule has 1 saturated heterocycles. The van der Waals surface area contributed by atoms with E-state index in [4.69, 9.17) is 10.8 Å². The molecule has 2 rings (SSSR count). The number of nitrogens with two attached hydrogens (primary N) is 1. The molecular formula is C14H17F3N2O3. The van der Waals surface area contributed by atoms with Crippen molar-refractivity contribution < 1.29 is 27.8 Å². The number of hydrogen-bond acceptors (Lipinski definition) is 3. The maximum absolute atomic E-state index is 12.2. The van der Waals surface area contributed by atoms with Crippen LogP contribution in [0.2, 0.25) is 0 Å². The van der Waals surface area contributed by atoms with Gasteiger partial charge in [0.1, 0.15) is 5.75 Å². The predicted molar refractivity (Wildman–Crippen MR) is 72.7 cm³/mol. The Morgan fingerprint density at radius 1 is 1.27 bits per heavy atom. The molecule has 3 N–H and O–H groups in total. The number of likely N-dealkylation sites (tertiary alicyclic amines) is 1. The topological polar surface area (TPSA) is 75.8 Å². The number of ether oxygens (including phenoxy) is 1. The average Bonchev–Trinajstić information content (AvgIpc) is 2.46. The van der Waals surface area contributed by atoms with Crippen molar-refractivity contribution in [2.75, 3.05) is 19.6 Å². The van der Waals surface area contributed by atoms with Crippen molar-refractivity contribution in [3.8, 4) is 5.75 Å². The zero-order valence-electron chi connectivity index (χ0n) is 11.8. The van der Waals surface area contributed by atoms with Crippen LogP contribution in [0.25, 0.3) is 0 Å². The lowest BCUT2D eigenvalue weighted by Crippen LogP contribution is -2.48. The Hall–Kier alpha value is -1.96. The molecule has 1 aliphatic heterocycles. The van der Waals surface area contributed by atoms with E-state index in [0.29, 0.717) is 32.5 Å². The van der Waals surface area contributed by atoms with Crippen molar-refractivity contribution in [1.29, 1.82) is 0 Å². The van der Waals surface area contributed by atoms with Crippen LogP contribution in [0, 0.1) is 0 Å². The SMILES string of the molecule is NCC1(c2ccc(OC(F)(F)F)cc2)CCN(C(=O)O)CC1. The lowest BCUT2D eigenvalue weighted by Gasteiger charge is -2.40. The molecule has 22 heavy (non-hydrogen) atoms. The Kier molecular flexibility index (Phi) is 4.50. The van der Waals surface area contributed by atoms with Crippen molar-refractivity contribution in [1.82, 2.24) is 4.90 Å². The molecule has 5 nitrogen and oxygen atoms in total. The molecule has 0 atom stereocenters. The van der Waals surface area contributed by atoms with Crippen molar-refractivity contribution in [2.45, 2.75) is 24.6 Å². The first-order valence-electron chi connectivity index (χ1n) is 6.80. The Balaban J connectivity index is 2.13. The number of rotatable bonds is 3. The van der Waals surface area contributed by atoms with Gasteiger partial charge in [0.15, 0.2) is 0 Å². The number of hydrogen-bond donors (Lipinski definition) is 2. The summed E-state index contributed by atoms with van der Waals surface area (Å²) >= 11 is 0. The number of amides is 1. The monoisotopic (exact) mass is 318 g/mol. The molecule has 0 aromatic heterocycles. The highest BCUT2D eigenvalue weighted by molar-refractivity contribution is 5.65. The van der Waals surface area contributed by atoms with E-state index in [1.165, 1.54) is 17.0 Å². The first-order valence-corrected chi connectivity index (χ1v) is 6.80. The van der Waals surface area contributed by atoms with Crippen LogP contribution in [-0.2, 0) is 5.41 Å². The standard InChI is InChI=1S/C14H17F3N2O3/c15-14(16,17)22-11-3-1-10(2-4-11)13(9-18)5-7-19(8-6-13)12(20)21/h1-4H,5-9,18H2,(H,20,21). The summed E-state index contributed by atoms with van der Waals surface area (Å²) in [7, 11) is 0. The number of piperidine rings is 1. The first kappa shape index (κ1) is 16.4. The van der Waals surface area contributed by atoms with Crippen molar-refractivity contribution in [3.63, 3.8) is 0 Å². The second-order valence-corrected chi connectivity index (χ2v) is 5.33. The summed E-state index contributed by atoms with van der Waals surface area (Å²) < 4.78 is 40.3. The first-order chi connectivity index (χ1) is 10.3. The molecule has 0 bridgehead atoms. The normalized spacial score (nSPS) is 18.1. The van der Waals surface area contributed by atoms with E-state index in [9.17, 15) is 18.0 Å². The summed E-state index contributed by atoms with van der Waals surface area (Å²) in [5, 5.41) is 8.97. The summed E-state index contributed by atoms with van der Waals surface area (Å²) in [4.78, 5) is 12.3. The lowest BCUT2D eigenvalue weighted by atomic mass is 9.73. The van der Waals surface area contributed by atoms with Gasteiger partial charge in [-0.2, -0.15) is 0 Å². The fourth-order valence-electron chi connectivity index (χ4n) is 2.75. The minimum Gasteiger partial charge on any atom is -0.465 e. The largest absolute Gasteiger partial charge is 0.573 e. The maximum Gasteiger partial charge on any atom is 0.573 e. The van der Waals surface area contributed by atoms with Gasteiger partial charge in [0.2, 0.25) is 0 Å². The van der Waals surface area contributed by atoms with E-state index < -0.39 is 17.9 Å². The quantitative estimate of drug-likeness (QED) is 0.898. The molecule has 1 aromatic rings. The van der Waals surface area contributed by atoms with Gasteiger partial charge in [0, 0.05) is 25.0 Å². The van der Waals surface area contributed by atoms with E-state index in [1.54, 1.807) is 12.1 Å². The third-order valence-corrected chi connectivity index (χ3v) is 4.08. The second-order valence-electron chi connectivity index (χ2n) is 5.33. The number of carbonyl (C=O) groups is 1. The van der Waals surface area contributed by atoms with Crippen LogP contribution in [-0.4, -0.2) is 42.1 Å². The maximum atomic E-state index is 12.2. The van der Waals surface area contributed by atoms with Gasteiger partial charge in [-0.05, 0) is 30.5 Å². The van der Waals surface area contributed by atoms with Crippen LogP contribution in [0.3, 0.4) is 0 Å². The van der Waals surface area contributed by atoms with Crippen LogP contribution in [0.1, 0.15) is 18.4 Å². The lowest BCUT2D eigenvalue weighted by molar-refractivity contribution is -0.274.